The van der Waals surface area contributed by atoms with Gasteiger partial charge in [-0.05, 0) is 35.7 Å². The van der Waals surface area contributed by atoms with Gasteiger partial charge in [-0.15, -0.1) is 0 Å². The van der Waals surface area contributed by atoms with Gasteiger partial charge in [0, 0.05) is 31.9 Å². The zero-order valence-corrected chi connectivity index (χ0v) is 15.0. The van der Waals surface area contributed by atoms with E-state index < -0.39 is 23.4 Å². The fourth-order valence-corrected chi connectivity index (χ4v) is 3.04. The van der Waals surface area contributed by atoms with Crippen LogP contribution in [-0.4, -0.2) is 37.1 Å². The first-order valence-electron chi connectivity index (χ1n) is 8.80. The molecule has 0 radical (unpaired) electrons. The van der Waals surface area contributed by atoms with Crippen LogP contribution in [0.25, 0.3) is 0 Å². The quantitative estimate of drug-likeness (QED) is 0.879. The van der Waals surface area contributed by atoms with Gasteiger partial charge in [0.05, 0.1) is 0 Å². The Labute approximate surface area is 152 Å². The Balaban J connectivity index is 1.58. The van der Waals surface area contributed by atoms with E-state index in [1.807, 2.05) is 0 Å². The number of benzene rings is 2. The first-order chi connectivity index (χ1) is 12.5. The van der Waals surface area contributed by atoms with Crippen LogP contribution < -0.4 is 10.2 Å². The Kier molecular flexibility index (Phi) is 5.40. The molecule has 0 aliphatic carbocycles. The highest BCUT2D eigenvalue weighted by molar-refractivity contribution is 5.89. The maximum Gasteiger partial charge on any atom is 0.322 e. The fraction of sp³-hybridized carbons (Fsp3) is 0.350. The van der Waals surface area contributed by atoms with Crippen LogP contribution in [-0.2, 0) is 0 Å². The Bertz CT molecular complexity index is 749. The van der Waals surface area contributed by atoms with Crippen LogP contribution in [0, 0.1) is 11.6 Å². The normalized spacial score (nSPS) is 14.7. The van der Waals surface area contributed by atoms with Crippen molar-refractivity contribution in [2.24, 2.45) is 0 Å². The van der Waals surface area contributed by atoms with Crippen molar-refractivity contribution in [3.63, 3.8) is 0 Å². The number of carbonyl (C=O) groups is 1. The van der Waals surface area contributed by atoms with Gasteiger partial charge in [-0.1, -0.05) is 32.0 Å². The molecule has 1 heterocycles. The average Bonchev–Trinajstić information content (AvgIpc) is 2.65. The van der Waals surface area contributed by atoms with Crippen molar-refractivity contribution in [2.75, 3.05) is 36.4 Å². The number of piperazine rings is 1. The molecule has 1 fully saturated rings. The average molecular weight is 359 g/mol. The number of hydrogen-bond acceptors (Lipinski definition) is 2. The summed E-state index contributed by atoms with van der Waals surface area (Å²) in [5.41, 5.74) is 2.01. The zero-order chi connectivity index (χ0) is 18.7. The summed E-state index contributed by atoms with van der Waals surface area (Å²) in [5.74, 6) is -1.06. The minimum Gasteiger partial charge on any atom is -0.368 e. The predicted molar refractivity (Wildman–Crippen MR) is 99.7 cm³/mol. The maximum atomic E-state index is 13.7. The number of halogens is 2. The van der Waals surface area contributed by atoms with E-state index in [2.05, 4.69) is 48.3 Å². The molecule has 4 nitrogen and oxygen atoms in total. The molecule has 3 rings (SSSR count). The highest BCUT2D eigenvalue weighted by Crippen LogP contribution is 2.22. The van der Waals surface area contributed by atoms with Gasteiger partial charge in [0.2, 0.25) is 0 Å². The molecule has 1 N–H and O–H groups in total. The van der Waals surface area contributed by atoms with Crippen LogP contribution in [0.1, 0.15) is 25.3 Å². The smallest absolute Gasteiger partial charge is 0.322 e. The molecule has 2 aromatic rings. The van der Waals surface area contributed by atoms with Gasteiger partial charge in [0.25, 0.3) is 0 Å². The number of carbonyl (C=O) groups excluding carboxylic acids is 1. The summed E-state index contributed by atoms with van der Waals surface area (Å²) < 4.78 is 27.3. The molecule has 0 aromatic heterocycles. The number of anilines is 2. The third kappa shape index (κ3) is 3.95. The van der Waals surface area contributed by atoms with Crippen molar-refractivity contribution in [3.8, 4) is 0 Å². The summed E-state index contributed by atoms with van der Waals surface area (Å²) >= 11 is 0. The molecular formula is C20H23F2N3O. The number of rotatable bonds is 3. The molecule has 2 aromatic carbocycles. The lowest BCUT2D eigenvalue weighted by Crippen LogP contribution is -2.50. The van der Waals surface area contributed by atoms with Crippen LogP contribution in [0.3, 0.4) is 0 Å². The molecule has 2 amide bonds. The summed E-state index contributed by atoms with van der Waals surface area (Å²) in [5, 5.41) is 2.34. The van der Waals surface area contributed by atoms with Crippen molar-refractivity contribution in [1.82, 2.24) is 4.90 Å². The van der Waals surface area contributed by atoms with Crippen LogP contribution in [0.4, 0.5) is 25.0 Å². The third-order valence-electron chi connectivity index (χ3n) is 4.69. The van der Waals surface area contributed by atoms with Gasteiger partial charge in [-0.2, -0.15) is 0 Å². The molecule has 0 bridgehead atoms. The van der Waals surface area contributed by atoms with Crippen molar-refractivity contribution < 1.29 is 13.6 Å². The van der Waals surface area contributed by atoms with E-state index >= 15 is 0 Å². The first-order valence-corrected chi connectivity index (χ1v) is 8.80. The van der Waals surface area contributed by atoms with Crippen molar-refractivity contribution in [1.29, 1.82) is 0 Å². The van der Waals surface area contributed by atoms with Gasteiger partial charge in [-0.3, -0.25) is 0 Å². The van der Waals surface area contributed by atoms with Crippen molar-refractivity contribution >= 4 is 17.4 Å². The molecule has 6 heteroatoms. The minimum absolute atomic E-state index is 0.399. The van der Waals surface area contributed by atoms with Crippen molar-refractivity contribution in [3.05, 3.63) is 59.7 Å². The maximum absolute atomic E-state index is 13.7. The minimum atomic E-state index is -0.776. The topological polar surface area (TPSA) is 35.6 Å². The fourth-order valence-electron chi connectivity index (χ4n) is 3.04. The second-order valence-corrected chi connectivity index (χ2v) is 6.75. The summed E-state index contributed by atoms with van der Waals surface area (Å²) in [6.45, 7) is 6.65. The van der Waals surface area contributed by atoms with E-state index in [0.717, 1.165) is 17.8 Å². The molecule has 1 aliphatic rings. The van der Waals surface area contributed by atoms with E-state index in [4.69, 9.17) is 0 Å². The number of hydrogen-bond donors (Lipinski definition) is 1. The summed E-state index contributed by atoms with van der Waals surface area (Å²) in [4.78, 5) is 16.1. The van der Waals surface area contributed by atoms with Gasteiger partial charge in [0.15, 0.2) is 0 Å². The van der Waals surface area contributed by atoms with Crippen LogP contribution >= 0.6 is 0 Å². The number of nitrogens with zero attached hydrogens (tertiary/aromatic N) is 2. The van der Waals surface area contributed by atoms with Gasteiger partial charge in [0.1, 0.15) is 17.3 Å². The molecule has 0 atom stereocenters. The van der Waals surface area contributed by atoms with E-state index in [1.54, 1.807) is 4.90 Å². The van der Waals surface area contributed by atoms with Crippen LogP contribution in [0.5, 0.6) is 0 Å². The number of urea groups is 1. The Morgan fingerprint density at radius 3 is 2.08 bits per heavy atom. The van der Waals surface area contributed by atoms with Gasteiger partial charge < -0.3 is 15.1 Å². The molecule has 0 unspecified atom stereocenters. The summed E-state index contributed by atoms with van der Waals surface area (Å²) in [6, 6.07) is 11.5. The highest BCUT2D eigenvalue weighted by Gasteiger charge is 2.23. The van der Waals surface area contributed by atoms with Crippen molar-refractivity contribution in [2.45, 2.75) is 19.8 Å². The highest BCUT2D eigenvalue weighted by atomic mass is 19.1. The molecule has 0 saturated carbocycles. The SMILES string of the molecule is CC(C)c1ccc(N2CCN(C(=O)Nc3c(F)cccc3F)CC2)cc1. The monoisotopic (exact) mass is 359 g/mol. The van der Waals surface area contributed by atoms with Gasteiger partial charge in [-0.25, -0.2) is 13.6 Å². The number of amides is 2. The van der Waals surface area contributed by atoms with Crippen LogP contribution in [0.2, 0.25) is 0 Å². The lowest BCUT2D eigenvalue weighted by Gasteiger charge is -2.36. The zero-order valence-electron chi connectivity index (χ0n) is 15.0. The van der Waals surface area contributed by atoms with E-state index in [9.17, 15) is 13.6 Å². The second-order valence-electron chi connectivity index (χ2n) is 6.75. The number of nitrogens with one attached hydrogen (secondary N) is 1. The summed E-state index contributed by atoms with van der Waals surface area (Å²) in [7, 11) is 0. The summed E-state index contributed by atoms with van der Waals surface area (Å²) in [6.07, 6.45) is 0. The third-order valence-corrected chi connectivity index (χ3v) is 4.69. The Morgan fingerprint density at radius 2 is 1.54 bits per heavy atom. The number of para-hydroxylation sites is 1. The molecule has 1 saturated heterocycles. The van der Waals surface area contributed by atoms with Gasteiger partial charge >= 0.3 is 6.03 Å². The largest absolute Gasteiger partial charge is 0.368 e. The lowest BCUT2D eigenvalue weighted by molar-refractivity contribution is 0.208. The molecule has 26 heavy (non-hydrogen) atoms. The first kappa shape index (κ1) is 18.2. The van der Waals surface area contributed by atoms with Crippen LogP contribution in [0.15, 0.2) is 42.5 Å². The van der Waals surface area contributed by atoms with E-state index in [1.165, 1.54) is 11.6 Å². The lowest BCUT2D eigenvalue weighted by atomic mass is 10.0. The van der Waals surface area contributed by atoms with E-state index in [0.29, 0.717) is 32.1 Å². The molecule has 1 aliphatic heterocycles. The standard InChI is InChI=1S/C20H23F2N3O/c1-14(2)15-6-8-16(9-7-15)24-10-12-25(13-11-24)20(26)23-19-17(21)4-3-5-18(19)22/h3-9,14H,10-13H2,1-2H3,(H,23,26). The van der Waals surface area contributed by atoms with E-state index in [-0.39, 0.29) is 0 Å². The molecule has 138 valence electrons. The Morgan fingerprint density at radius 1 is 0.962 bits per heavy atom. The predicted octanol–water partition coefficient (Wildman–Crippen LogP) is 4.44. The molecule has 0 spiro atoms. The Hall–Kier alpha value is -2.63. The second kappa shape index (κ2) is 7.72. The molecular weight excluding hydrogens is 336 g/mol.